The highest BCUT2D eigenvalue weighted by Crippen LogP contribution is 2.29. The Morgan fingerprint density at radius 2 is 1.94 bits per heavy atom. The Bertz CT molecular complexity index is 814. The van der Waals surface area contributed by atoms with Gasteiger partial charge in [-0.25, -0.2) is 0 Å². The average Bonchev–Trinajstić information content (AvgIpc) is 3.53. The molecule has 1 aromatic rings. The lowest BCUT2D eigenvalue weighted by Crippen LogP contribution is -2.48. The number of methoxy groups -OCH3 is 2. The van der Waals surface area contributed by atoms with Gasteiger partial charge in [-0.1, -0.05) is 0 Å². The summed E-state index contributed by atoms with van der Waals surface area (Å²) in [6, 6.07) is 5.84. The normalized spacial score (nSPS) is 19.8. The highest BCUT2D eigenvalue weighted by Gasteiger charge is 2.32. The maximum Gasteiger partial charge on any atom is 0.254 e. The summed E-state index contributed by atoms with van der Waals surface area (Å²) in [5, 5.41) is 9.80. The maximum atomic E-state index is 13.5. The van der Waals surface area contributed by atoms with Gasteiger partial charge in [0, 0.05) is 69.4 Å². The minimum atomic E-state index is -0.0449. The molecule has 0 spiro atoms. The Morgan fingerprint density at radius 1 is 1.15 bits per heavy atom. The molecule has 2 unspecified atom stereocenters. The van der Waals surface area contributed by atoms with Crippen LogP contribution >= 0.6 is 0 Å². The van der Waals surface area contributed by atoms with Gasteiger partial charge in [-0.15, -0.1) is 0 Å². The van der Waals surface area contributed by atoms with Crippen LogP contribution in [-0.2, 0) is 9.53 Å². The third-order valence-electron chi connectivity index (χ3n) is 6.28. The molecule has 0 radical (unpaired) electrons. The van der Waals surface area contributed by atoms with Crippen LogP contribution in [0.5, 0.6) is 11.5 Å². The molecule has 1 aromatic carbocycles. The number of rotatable bonds is 14. The van der Waals surface area contributed by atoms with Crippen LogP contribution in [0.25, 0.3) is 0 Å². The molecule has 34 heavy (non-hydrogen) atoms. The fourth-order valence-corrected chi connectivity index (χ4v) is 4.15. The summed E-state index contributed by atoms with van der Waals surface area (Å²) in [7, 11) is 3.24. The molecular formula is C25H40N4O5. The summed E-state index contributed by atoms with van der Waals surface area (Å²) < 4.78 is 16.3. The Labute approximate surface area is 202 Å². The second kappa shape index (κ2) is 12.9. The van der Waals surface area contributed by atoms with E-state index in [1.165, 1.54) is 0 Å². The predicted octanol–water partition coefficient (Wildman–Crippen LogP) is 1.42. The summed E-state index contributed by atoms with van der Waals surface area (Å²) in [5.74, 6) is 1.36. The second-order valence-corrected chi connectivity index (χ2v) is 9.36. The van der Waals surface area contributed by atoms with Crippen LogP contribution in [0.2, 0.25) is 0 Å². The van der Waals surface area contributed by atoms with Crippen molar-refractivity contribution in [2.45, 2.75) is 51.2 Å². The average molecular weight is 477 g/mol. The number of hydrogen-bond donors (Lipinski definition) is 3. The fourth-order valence-electron chi connectivity index (χ4n) is 4.15. The topological polar surface area (TPSA) is 101 Å². The van der Waals surface area contributed by atoms with Gasteiger partial charge in [0.05, 0.1) is 20.3 Å². The zero-order valence-corrected chi connectivity index (χ0v) is 20.9. The number of ether oxygens (including phenoxy) is 3. The van der Waals surface area contributed by atoms with Crippen LogP contribution in [0, 0.1) is 5.92 Å². The first kappa shape index (κ1) is 26.2. The molecule has 1 aliphatic heterocycles. The van der Waals surface area contributed by atoms with Crippen molar-refractivity contribution in [3.05, 3.63) is 23.8 Å². The molecule has 0 aromatic heterocycles. The number of amides is 2. The lowest BCUT2D eigenvalue weighted by molar-refractivity contribution is -0.120. The van der Waals surface area contributed by atoms with E-state index in [1.54, 1.807) is 32.4 Å². The van der Waals surface area contributed by atoms with Crippen molar-refractivity contribution in [1.29, 1.82) is 0 Å². The van der Waals surface area contributed by atoms with E-state index in [-0.39, 0.29) is 29.8 Å². The molecule has 3 N–H and O–H groups in total. The zero-order valence-electron chi connectivity index (χ0n) is 20.9. The number of hydrogen-bond acceptors (Lipinski definition) is 7. The Kier molecular flexibility index (Phi) is 9.98. The highest BCUT2D eigenvalue weighted by molar-refractivity contribution is 5.95. The Morgan fingerprint density at radius 3 is 2.62 bits per heavy atom. The predicted molar refractivity (Wildman–Crippen MR) is 130 cm³/mol. The lowest BCUT2D eigenvalue weighted by atomic mass is 10.0. The number of carbonyl (C=O) groups excluding carboxylic acids is 2. The van der Waals surface area contributed by atoms with Crippen LogP contribution < -0.4 is 25.4 Å². The minimum absolute atomic E-state index is 0.0279. The van der Waals surface area contributed by atoms with Crippen LogP contribution in [0.3, 0.4) is 0 Å². The summed E-state index contributed by atoms with van der Waals surface area (Å²) >= 11 is 0. The molecule has 3 rings (SSSR count). The molecule has 2 aliphatic rings. The van der Waals surface area contributed by atoms with E-state index in [0.29, 0.717) is 49.4 Å². The van der Waals surface area contributed by atoms with Gasteiger partial charge in [0.15, 0.2) is 11.5 Å². The third-order valence-corrected chi connectivity index (χ3v) is 6.28. The molecule has 1 saturated carbocycles. The lowest BCUT2D eigenvalue weighted by Gasteiger charge is -2.32. The molecule has 9 nitrogen and oxygen atoms in total. The molecule has 9 heteroatoms. The summed E-state index contributed by atoms with van der Waals surface area (Å²) in [4.78, 5) is 27.5. The van der Waals surface area contributed by atoms with E-state index in [1.807, 2.05) is 18.7 Å². The molecular weight excluding hydrogens is 436 g/mol. The van der Waals surface area contributed by atoms with Gasteiger partial charge in [0.25, 0.3) is 5.91 Å². The minimum Gasteiger partial charge on any atom is -0.493 e. The van der Waals surface area contributed by atoms with Crippen molar-refractivity contribution in [3.63, 3.8) is 0 Å². The van der Waals surface area contributed by atoms with Gasteiger partial charge in [0.1, 0.15) is 0 Å². The van der Waals surface area contributed by atoms with Crippen molar-refractivity contribution in [3.8, 4) is 11.5 Å². The van der Waals surface area contributed by atoms with E-state index in [4.69, 9.17) is 14.2 Å². The van der Waals surface area contributed by atoms with Gasteiger partial charge in [-0.2, -0.15) is 0 Å². The number of nitrogens with one attached hydrogen (secondary N) is 3. The monoisotopic (exact) mass is 476 g/mol. The summed E-state index contributed by atoms with van der Waals surface area (Å²) in [6.07, 6.45) is 2.91. The van der Waals surface area contributed by atoms with E-state index < -0.39 is 0 Å². The Balaban J connectivity index is 1.63. The fraction of sp³-hybridized carbons (Fsp3) is 0.680. The van der Waals surface area contributed by atoms with Gasteiger partial charge >= 0.3 is 0 Å². The van der Waals surface area contributed by atoms with Crippen LogP contribution in [-0.4, -0.2) is 88.5 Å². The molecule has 2 atom stereocenters. The summed E-state index contributed by atoms with van der Waals surface area (Å²) in [6.45, 7) is 7.62. The largest absolute Gasteiger partial charge is 0.493 e. The molecule has 0 bridgehead atoms. The smallest absolute Gasteiger partial charge is 0.254 e. The summed E-state index contributed by atoms with van der Waals surface area (Å²) in [5.41, 5.74) is 0.565. The van der Waals surface area contributed by atoms with E-state index in [9.17, 15) is 9.59 Å². The van der Waals surface area contributed by atoms with Crippen molar-refractivity contribution >= 4 is 11.8 Å². The van der Waals surface area contributed by atoms with Gasteiger partial charge < -0.3 is 35.1 Å². The standard InChI is InChI=1S/C25H40N4O5/c1-17(2)29(16-19-13-26-14-21(19)27-15-24(30)28-20-7-8-20)25(31)18-6-9-22(33-4)23(12-18)34-11-5-10-32-3/h6,9,12,17,19-21,26-27H,5,7-8,10-11,13-16H2,1-4H3,(H,28,30). The quantitative estimate of drug-likeness (QED) is 0.349. The molecule has 2 amide bonds. The SMILES string of the molecule is COCCCOc1cc(C(=O)N(CC2CNCC2NCC(=O)NC2CC2)C(C)C)ccc1OC. The van der Waals surface area contributed by atoms with Crippen molar-refractivity contribution < 1.29 is 23.8 Å². The zero-order chi connectivity index (χ0) is 24.5. The second-order valence-electron chi connectivity index (χ2n) is 9.36. The van der Waals surface area contributed by atoms with Crippen LogP contribution in [0.1, 0.15) is 43.5 Å². The maximum absolute atomic E-state index is 13.5. The molecule has 190 valence electrons. The van der Waals surface area contributed by atoms with Gasteiger partial charge in [0.2, 0.25) is 5.91 Å². The first-order valence-electron chi connectivity index (χ1n) is 12.3. The molecule has 2 fully saturated rings. The highest BCUT2D eigenvalue weighted by atomic mass is 16.5. The van der Waals surface area contributed by atoms with E-state index in [2.05, 4.69) is 16.0 Å². The number of benzene rings is 1. The Hall–Kier alpha value is -2.36. The van der Waals surface area contributed by atoms with Gasteiger partial charge in [-0.3, -0.25) is 9.59 Å². The van der Waals surface area contributed by atoms with Crippen LogP contribution in [0.4, 0.5) is 0 Å². The first-order valence-corrected chi connectivity index (χ1v) is 12.3. The molecule has 1 saturated heterocycles. The van der Waals surface area contributed by atoms with E-state index in [0.717, 1.165) is 32.4 Å². The third kappa shape index (κ3) is 7.58. The first-order chi connectivity index (χ1) is 16.4. The van der Waals surface area contributed by atoms with Gasteiger partial charge in [-0.05, 0) is 44.9 Å². The van der Waals surface area contributed by atoms with Crippen molar-refractivity contribution in [2.24, 2.45) is 5.92 Å². The number of carbonyl (C=O) groups is 2. The number of nitrogens with zero attached hydrogens (tertiary/aromatic N) is 1. The van der Waals surface area contributed by atoms with E-state index >= 15 is 0 Å². The van der Waals surface area contributed by atoms with Crippen LogP contribution in [0.15, 0.2) is 18.2 Å². The molecule has 1 aliphatic carbocycles. The van der Waals surface area contributed by atoms with Crippen molar-refractivity contribution in [1.82, 2.24) is 20.9 Å². The van der Waals surface area contributed by atoms with Crippen molar-refractivity contribution in [2.75, 3.05) is 53.6 Å². The molecule has 1 heterocycles.